The van der Waals surface area contributed by atoms with Gasteiger partial charge in [-0.05, 0) is 5.92 Å². The summed E-state index contributed by atoms with van der Waals surface area (Å²) in [4.78, 5) is 10.0. The largest absolute Gasteiger partial charge is 0.480 e. The van der Waals surface area contributed by atoms with Gasteiger partial charge in [0.05, 0.1) is 13.2 Å². The maximum Gasteiger partial charge on any atom is 0.320 e. The van der Waals surface area contributed by atoms with E-state index in [1.165, 1.54) is 0 Å². The number of hydrogen-bond acceptors (Lipinski definition) is 13. The predicted octanol–water partition coefficient (Wildman–Crippen LogP) is -5.34. The number of carbonyl (C=O) groups is 1. The Morgan fingerprint density at radius 2 is 1.52 bits per heavy atom. The quantitative estimate of drug-likeness (QED) is 0.171. The van der Waals surface area contributed by atoms with Crippen molar-refractivity contribution >= 4 is 5.97 Å². The van der Waals surface area contributed by atoms with Crippen LogP contribution in [0.25, 0.3) is 0 Å². The Labute approximate surface area is 178 Å². The molecule has 14 heteroatoms. The molecular formula is C17H33NO13. The van der Waals surface area contributed by atoms with Crippen molar-refractivity contribution in [2.75, 3.05) is 19.8 Å². The van der Waals surface area contributed by atoms with E-state index in [0.29, 0.717) is 0 Å². The predicted molar refractivity (Wildman–Crippen MR) is 99.1 cm³/mol. The van der Waals surface area contributed by atoms with Gasteiger partial charge in [0.25, 0.3) is 0 Å². The zero-order chi connectivity index (χ0) is 24.1. The van der Waals surface area contributed by atoms with E-state index in [2.05, 4.69) is 0 Å². The van der Waals surface area contributed by atoms with Crippen LogP contribution in [0.5, 0.6) is 0 Å². The highest BCUT2D eigenvalue weighted by molar-refractivity contribution is 5.73. The molecule has 0 saturated carbocycles. The number of carboxylic acids is 1. The standard InChI is InChI=1S/C12H22O11.C5H11NO2/c13-1-4-6(16)8(18)9(19)11(21-4)23-12(3-15)10(20)7(17)5(2-14)22-12;1-3(2)4(6)5(7)8/h4-11,13-20H,1-3H2;3-4H,6H2,1-2H3,(H,7,8)/t4-,5-,6-,7-,8+,9-,10+,11-,12+;4-/m10/s1. The van der Waals surface area contributed by atoms with E-state index in [1.807, 2.05) is 0 Å². The molecule has 0 aliphatic carbocycles. The first-order valence-electron chi connectivity index (χ1n) is 9.59. The van der Waals surface area contributed by atoms with Crippen molar-refractivity contribution in [2.24, 2.45) is 11.7 Å². The first-order valence-corrected chi connectivity index (χ1v) is 9.59. The van der Waals surface area contributed by atoms with E-state index in [1.54, 1.807) is 13.8 Å². The van der Waals surface area contributed by atoms with Gasteiger partial charge in [0, 0.05) is 0 Å². The van der Waals surface area contributed by atoms with Gasteiger partial charge in [-0.25, -0.2) is 0 Å². The van der Waals surface area contributed by atoms with Crippen LogP contribution in [0.15, 0.2) is 0 Å². The van der Waals surface area contributed by atoms with Crippen LogP contribution in [-0.2, 0) is 19.0 Å². The lowest BCUT2D eigenvalue weighted by molar-refractivity contribution is -0.383. The van der Waals surface area contributed by atoms with Gasteiger partial charge in [0.1, 0.15) is 55.4 Å². The lowest BCUT2D eigenvalue weighted by atomic mass is 9.99. The number of nitrogens with two attached hydrogens (primary N) is 1. The maximum absolute atomic E-state index is 10.0. The minimum atomic E-state index is -2.22. The molecule has 2 fully saturated rings. The highest BCUT2D eigenvalue weighted by atomic mass is 16.8. The van der Waals surface area contributed by atoms with E-state index < -0.39 is 86.6 Å². The van der Waals surface area contributed by atoms with Crippen LogP contribution in [0.1, 0.15) is 13.8 Å². The Morgan fingerprint density at radius 3 is 1.87 bits per heavy atom. The lowest BCUT2D eigenvalue weighted by Gasteiger charge is -2.43. The molecule has 0 aromatic rings. The van der Waals surface area contributed by atoms with Gasteiger partial charge in [0.15, 0.2) is 6.29 Å². The van der Waals surface area contributed by atoms with Crippen molar-refractivity contribution in [3.8, 4) is 0 Å². The number of hydrogen-bond donors (Lipinski definition) is 10. The molecule has 0 bridgehead atoms. The third kappa shape index (κ3) is 6.28. The highest BCUT2D eigenvalue weighted by Crippen LogP contribution is 2.35. The van der Waals surface area contributed by atoms with Crippen LogP contribution in [0.4, 0.5) is 0 Å². The summed E-state index contributed by atoms with van der Waals surface area (Å²) >= 11 is 0. The normalized spacial score (nSPS) is 41.5. The van der Waals surface area contributed by atoms with Crippen molar-refractivity contribution in [2.45, 2.75) is 74.7 Å². The molecule has 11 N–H and O–H groups in total. The minimum Gasteiger partial charge on any atom is -0.480 e. The molecule has 2 saturated heterocycles. The SMILES string of the molecule is CC(C)[C@H](N)C(=O)O.OC[C@H]1O[C@@](CO)(O[C@H]2O[C@H](CO)[C@@H](O)[C@H](O)[C@H]2O)[C@@H](O)[C@@H]1O. The van der Waals surface area contributed by atoms with E-state index in [4.69, 9.17) is 35.3 Å². The van der Waals surface area contributed by atoms with Gasteiger partial charge in [-0.15, -0.1) is 0 Å². The molecule has 184 valence electrons. The van der Waals surface area contributed by atoms with E-state index in [-0.39, 0.29) is 5.92 Å². The van der Waals surface area contributed by atoms with Crippen LogP contribution in [0.3, 0.4) is 0 Å². The molecule has 0 aromatic heterocycles. The zero-order valence-corrected chi connectivity index (χ0v) is 17.1. The summed E-state index contributed by atoms with van der Waals surface area (Å²) in [6.07, 6.45) is -12.7. The Morgan fingerprint density at radius 1 is 0.968 bits per heavy atom. The summed E-state index contributed by atoms with van der Waals surface area (Å²) in [6, 6.07) is -0.713. The van der Waals surface area contributed by atoms with Crippen LogP contribution in [0.2, 0.25) is 0 Å². The lowest BCUT2D eigenvalue weighted by Crippen LogP contribution is -2.62. The average Bonchev–Trinajstić information content (AvgIpc) is 2.98. The summed E-state index contributed by atoms with van der Waals surface area (Å²) in [7, 11) is 0. The first kappa shape index (κ1) is 28.0. The smallest absolute Gasteiger partial charge is 0.320 e. The van der Waals surface area contributed by atoms with E-state index >= 15 is 0 Å². The van der Waals surface area contributed by atoms with Crippen molar-refractivity contribution < 1.29 is 65.0 Å². The summed E-state index contributed by atoms with van der Waals surface area (Å²) in [6.45, 7) is 1.23. The summed E-state index contributed by atoms with van der Waals surface area (Å²) in [5.41, 5.74) is 5.16. The third-order valence-corrected chi connectivity index (χ3v) is 5.07. The van der Waals surface area contributed by atoms with Crippen LogP contribution < -0.4 is 5.73 Å². The Hall–Kier alpha value is -1.01. The average molecular weight is 459 g/mol. The van der Waals surface area contributed by atoms with Crippen molar-refractivity contribution in [3.05, 3.63) is 0 Å². The molecule has 14 nitrogen and oxygen atoms in total. The molecule has 2 aliphatic rings. The molecule has 0 aromatic carbocycles. The number of aliphatic hydroxyl groups is 8. The number of rotatable bonds is 7. The van der Waals surface area contributed by atoms with Crippen LogP contribution in [-0.4, -0.2) is 133 Å². The topological polar surface area (TPSA) is 253 Å². The maximum atomic E-state index is 10.0. The molecular weight excluding hydrogens is 426 g/mol. The second kappa shape index (κ2) is 11.7. The fourth-order valence-corrected chi connectivity index (χ4v) is 2.92. The van der Waals surface area contributed by atoms with Crippen LogP contribution in [0, 0.1) is 5.92 Å². The van der Waals surface area contributed by atoms with Crippen LogP contribution >= 0.6 is 0 Å². The summed E-state index contributed by atoms with van der Waals surface area (Å²) < 4.78 is 15.4. The van der Waals surface area contributed by atoms with Crippen molar-refractivity contribution in [3.63, 3.8) is 0 Å². The molecule has 31 heavy (non-hydrogen) atoms. The summed E-state index contributed by atoms with van der Waals surface area (Å²) in [5.74, 6) is -3.13. The van der Waals surface area contributed by atoms with E-state index in [9.17, 15) is 35.4 Å². The molecule has 0 unspecified atom stereocenters. The Balaban J connectivity index is 0.000000512. The number of aliphatic carboxylic acids is 1. The van der Waals surface area contributed by atoms with Gasteiger partial charge in [-0.2, -0.15) is 0 Å². The molecule has 10 atom stereocenters. The molecule has 0 amide bonds. The van der Waals surface area contributed by atoms with Gasteiger partial charge >= 0.3 is 5.97 Å². The number of aliphatic hydroxyl groups excluding tert-OH is 8. The fourth-order valence-electron chi connectivity index (χ4n) is 2.92. The third-order valence-electron chi connectivity index (χ3n) is 5.07. The van der Waals surface area contributed by atoms with Gasteiger partial charge in [-0.1, -0.05) is 13.8 Å². The number of carboxylic acid groups (broad SMARTS) is 1. The van der Waals surface area contributed by atoms with E-state index in [0.717, 1.165) is 0 Å². The zero-order valence-electron chi connectivity index (χ0n) is 17.1. The van der Waals surface area contributed by atoms with Gasteiger partial charge in [-0.3, -0.25) is 4.79 Å². The summed E-state index contributed by atoms with van der Waals surface area (Å²) in [5, 5.41) is 84.9. The van der Waals surface area contributed by atoms with Crippen molar-refractivity contribution in [1.82, 2.24) is 0 Å². The number of ether oxygens (including phenoxy) is 3. The molecule has 0 radical (unpaired) electrons. The second-order valence-electron chi connectivity index (χ2n) is 7.67. The molecule has 0 spiro atoms. The first-order chi connectivity index (χ1) is 14.4. The molecule has 2 heterocycles. The Bertz CT molecular complexity index is 564. The van der Waals surface area contributed by atoms with Crippen molar-refractivity contribution in [1.29, 1.82) is 0 Å². The molecule has 2 aliphatic heterocycles. The molecule has 2 rings (SSSR count). The van der Waals surface area contributed by atoms with Gasteiger partial charge in [0.2, 0.25) is 5.79 Å². The Kier molecular flexibility index (Phi) is 10.6. The minimum absolute atomic E-state index is 0.0208. The van der Waals surface area contributed by atoms with Gasteiger partial charge < -0.3 is 65.9 Å². The highest BCUT2D eigenvalue weighted by Gasteiger charge is 2.58. The second-order valence-corrected chi connectivity index (χ2v) is 7.67. The fraction of sp³-hybridized carbons (Fsp3) is 0.941. The monoisotopic (exact) mass is 459 g/mol.